The highest BCUT2D eigenvalue weighted by Gasteiger charge is 1.90. The van der Waals surface area contributed by atoms with Crippen molar-refractivity contribution in [1.82, 2.24) is 0 Å². The summed E-state index contributed by atoms with van der Waals surface area (Å²) in [5.74, 6) is 1.58. The van der Waals surface area contributed by atoms with E-state index in [9.17, 15) is 0 Å². The third kappa shape index (κ3) is 4.75. The zero-order valence-electron chi connectivity index (χ0n) is 7.04. The topological polar surface area (TPSA) is 0 Å². The highest BCUT2D eigenvalue weighted by Crippen LogP contribution is 2.20. The van der Waals surface area contributed by atoms with Crippen LogP contribution in [-0.2, 0) is 0 Å². The number of allylic oxidation sites excluding steroid dienone is 1. The number of alkyl halides is 1. The first-order valence-corrected chi connectivity index (χ1v) is 6.23. The van der Waals surface area contributed by atoms with Crippen molar-refractivity contribution in [2.24, 2.45) is 0 Å². The molecule has 0 heterocycles. The van der Waals surface area contributed by atoms with Crippen molar-refractivity contribution in [3.8, 4) is 0 Å². The predicted molar refractivity (Wildman–Crippen MR) is 64.7 cm³/mol. The summed E-state index contributed by atoms with van der Waals surface area (Å²) in [4.78, 5) is 1.28. The van der Waals surface area contributed by atoms with Gasteiger partial charge in [-0.25, -0.2) is 0 Å². The molecule has 0 bridgehead atoms. The van der Waals surface area contributed by atoms with Crippen LogP contribution < -0.4 is 0 Å². The Balaban J connectivity index is 2.37. The average molecular weight is 278 g/mol. The first-order chi connectivity index (χ1) is 6.33. The summed E-state index contributed by atoms with van der Waals surface area (Å²) in [6.45, 7) is 0. The zero-order chi connectivity index (χ0) is 9.52. The van der Waals surface area contributed by atoms with E-state index in [0.717, 1.165) is 10.2 Å². The van der Waals surface area contributed by atoms with Gasteiger partial charge in [-0.1, -0.05) is 28.1 Å². The summed E-state index contributed by atoms with van der Waals surface area (Å²) in [6.07, 6.45) is 4.05. The van der Waals surface area contributed by atoms with Crippen LogP contribution in [0, 0.1) is 0 Å². The molecule has 0 saturated carbocycles. The van der Waals surface area contributed by atoms with Gasteiger partial charge in [-0.2, -0.15) is 0 Å². The van der Waals surface area contributed by atoms with Crippen molar-refractivity contribution in [2.45, 2.75) is 4.90 Å². The molecular weight excluding hydrogens is 268 g/mol. The summed E-state index contributed by atoms with van der Waals surface area (Å²) < 4.78 is 1.12. The molecule has 0 radical (unpaired) electrons. The highest BCUT2D eigenvalue weighted by molar-refractivity contribution is 9.10. The van der Waals surface area contributed by atoms with Gasteiger partial charge in [0, 0.05) is 21.0 Å². The van der Waals surface area contributed by atoms with Gasteiger partial charge in [0.15, 0.2) is 0 Å². The lowest BCUT2D eigenvalue weighted by Crippen LogP contribution is -1.74. The molecule has 0 atom stereocenters. The van der Waals surface area contributed by atoms with E-state index in [1.165, 1.54) is 4.90 Å². The van der Waals surface area contributed by atoms with Gasteiger partial charge in [-0.15, -0.1) is 23.4 Å². The van der Waals surface area contributed by atoms with Crippen LogP contribution >= 0.6 is 39.3 Å². The van der Waals surface area contributed by atoms with E-state index in [1.54, 1.807) is 11.8 Å². The van der Waals surface area contributed by atoms with Crippen LogP contribution in [0.4, 0.5) is 0 Å². The Bertz CT molecular complexity index is 269. The molecule has 0 aromatic heterocycles. The summed E-state index contributed by atoms with van der Waals surface area (Å²) in [7, 11) is 0. The lowest BCUT2D eigenvalue weighted by atomic mass is 10.4. The fourth-order valence-electron chi connectivity index (χ4n) is 0.806. The number of hydrogen-bond donors (Lipinski definition) is 0. The van der Waals surface area contributed by atoms with Crippen molar-refractivity contribution in [3.05, 3.63) is 40.9 Å². The van der Waals surface area contributed by atoms with Gasteiger partial charge >= 0.3 is 0 Å². The molecule has 0 N–H and O–H groups in total. The molecule has 0 spiro atoms. The first-order valence-electron chi connectivity index (χ1n) is 3.92. The Kier molecular flexibility index (Phi) is 5.60. The molecule has 0 aliphatic rings. The lowest BCUT2D eigenvalue weighted by Gasteiger charge is -1.97. The number of benzene rings is 1. The normalized spacial score (nSPS) is 10.9. The van der Waals surface area contributed by atoms with Crippen molar-refractivity contribution in [3.63, 3.8) is 0 Å². The maximum absolute atomic E-state index is 5.50. The van der Waals surface area contributed by atoms with Crippen molar-refractivity contribution in [1.29, 1.82) is 0 Å². The Morgan fingerprint density at radius 3 is 2.54 bits per heavy atom. The average Bonchev–Trinajstić information content (AvgIpc) is 2.15. The van der Waals surface area contributed by atoms with E-state index in [4.69, 9.17) is 11.6 Å². The van der Waals surface area contributed by atoms with E-state index in [0.29, 0.717) is 5.88 Å². The van der Waals surface area contributed by atoms with Gasteiger partial charge in [0.25, 0.3) is 0 Å². The maximum Gasteiger partial charge on any atom is 0.0404 e. The molecule has 0 aliphatic carbocycles. The van der Waals surface area contributed by atoms with Gasteiger partial charge in [0.2, 0.25) is 0 Å². The molecule has 0 saturated heterocycles. The molecule has 1 aromatic carbocycles. The zero-order valence-corrected chi connectivity index (χ0v) is 10.2. The molecular formula is C10H10BrClS. The molecule has 0 fully saturated rings. The Hall–Kier alpha value is 0.0800. The third-order valence-corrected chi connectivity index (χ3v) is 3.09. The summed E-state index contributed by atoms with van der Waals surface area (Å²) >= 11 is 10.7. The van der Waals surface area contributed by atoms with Crippen LogP contribution in [0.15, 0.2) is 45.8 Å². The second-order valence-electron chi connectivity index (χ2n) is 2.39. The lowest BCUT2D eigenvalue weighted by molar-refractivity contribution is 1.44. The summed E-state index contributed by atoms with van der Waals surface area (Å²) in [5.41, 5.74) is 0. The Morgan fingerprint density at radius 2 is 1.92 bits per heavy atom. The molecule has 70 valence electrons. The van der Waals surface area contributed by atoms with E-state index in [2.05, 4.69) is 34.1 Å². The monoisotopic (exact) mass is 276 g/mol. The van der Waals surface area contributed by atoms with Gasteiger partial charge < -0.3 is 0 Å². The quantitative estimate of drug-likeness (QED) is 0.448. The summed E-state index contributed by atoms with van der Waals surface area (Å²) in [5, 5.41) is 0. The standard InChI is InChI=1S/C10H10BrClS/c11-9-3-5-10(6-4-9)13-8-2-1-7-12/h1-6H,7-8H2. The molecule has 0 nitrogen and oxygen atoms in total. The minimum absolute atomic E-state index is 0.598. The number of halogens is 2. The van der Waals surface area contributed by atoms with E-state index >= 15 is 0 Å². The van der Waals surface area contributed by atoms with Crippen molar-refractivity contribution in [2.75, 3.05) is 11.6 Å². The Morgan fingerprint density at radius 1 is 1.23 bits per heavy atom. The summed E-state index contributed by atoms with van der Waals surface area (Å²) in [6, 6.07) is 8.30. The minimum atomic E-state index is 0.598. The van der Waals surface area contributed by atoms with E-state index in [1.807, 2.05) is 18.2 Å². The predicted octanol–water partition coefficient (Wildman–Crippen LogP) is 4.34. The Labute approximate surface area is 96.5 Å². The molecule has 0 aliphatic heterocycles. The van der Waals surface area contributed by atoms with Crippen molar-refractivity contribution >= 4 is 39.3 Å². The van der Waals surface area contributed by atoms with E-state index < -0.39 is 0 Å². The van der Waals surface area contributed by atoms with Gasteiger partial charge in [-0.05, 0) is 24.3 Å². The number of rotatable bonds is 4. The largest absolute Gasteiger partial charge is 0.122 e. The van der Waals surface area contributed by atoms with Crippen LogP contribution in [0.3, 0.4) is 0 Å². The minimum Gasteiger partial charge on any atom is -0.122 e. The van der Waals surface area contributed by atoms with Crippen LogP contribution in [-0.4, -0.2) is 11.6 Å². The third-order valence-electron chi connectivity index (χ3n) is 1.42. The fourth-order valence-corrected chi connectivity index (χ4v) is 1.95. The van der Waals surface area contributed by atoms with Gasteiger partial charge in [-0.3, -0.25) is 0 Å². The number of hydrogen-bond acceptors (Lipinski definition) is 1. The molecule has 3 heteroatoms. The van der Waals surface area contributed by atoms with Gasteiger partial charge in [0.05, 0.1) is 0 Å². The highest BCUT2D eigenvalue weighted by atomic mass is 79.9. The smallest absolute Gasteiger partial charge is 0.0404 e. The molecule has 1 aromatic rings. The second kappa shape index (κ2) is 6.52. The maximum atomic E-state index is 5.50. The molecule has 13 heavy (non-hydrogen) atoms. The number of thioether (sulfide) groups is 1. The molecule has 1 rings (SSSR count). The SMILES string of the molecule is ClCC=CCSc1ccc(Br)cc1. The van der Waals surface area contributed by atoms with Crippen LogP contribution in [0.2, 0.25) is 0 Å². The van der Waals surface area contributed by atoms with Gasteiger partial charge in [0.1, 0.15) is 0 Å². The van der Waals surface area contributed by atoms with Crippen molar-refractivity contribution < 1.29 is 0 Å². The second-order valence-corrected chi connectivity index (χ2v) is 4.71. The fraction of sp³-hybridized carbons (Fsp3) is 0.200. The van der Waals surface area contributed by atoms with Crippen LogP contribution in [0.25, 0.3) is 0 Å². The van der Waals surface area contributed by atoms with E-state index in [-0.39, 0.29) is 0 Å². The van der Waals surface area contributed by atoms with Crippen LogP contribution in [0.1, 0.15) is 0 Å². The molecule has 0 unspecified atom stereocenters. The first kappa shape index (κ1) is 11.2. The molecule has 0 amide bonds. The van der Waals surface area contributed by atoms with Crippen LogP contribution in [0.5, 0.6) is 0 Å².